The fourth-order valence-electron chi connectivity index (χ4n) is 1.43. The SMILES string of the molecule is CCOC(=O)Cc1c([N+](=O)[O-])cc(I)nc1C(F)F. The lowest BCUT2D eigenvalue weighted by molar-refractivity contribution is -0.385. The third-order valence-corrected chi connectivity index (χ3v) is 2.68. The molecule has 104 valence electrons. The lowest BCUT2D eigenvalue weighted by atomic mass is 10.1. The molecule has 1 aromatic rings. The maximum absolute atomic E-state index is 12.8. The second-order valence-electron chi connectivity index (χ2n) is 3.37. The Bertz CT molecular complexity index is 511. The number of pyridine rings is 1. The van der Waals surface area contributed by atoms with Crippen molar-refractivity contribution in [1.82, 2.24) is 4.98 Å². The lowest BCUT2D eigenvalue weighted by Crippen LogP contribution is -2.13. The van der Waals surface area contributed by atoms with Crippen LogP contribution in [0.5, 0.6) is 0 Å². The molecule has 0 aromatic carbocycles. The van der Waals surface area contributed by atoms with Crippen LogP contribution in [-0.2, 0) is 16.0 Å². The van der Waals surface area contributed by atoms with Gasteiger partial charge in [0.1, 0.15) is 9.39 Å². The molecule has 1 heterocycles. The van der Waals surface area contributed by atoms with Crippen molar-refractivity contribution in [2.75, 3.05) is 6.61 Å². The van der Waals surface area contributed by atoms with Crippen LogP contribution in [0.1, 0.15) is 24.6 Å². The number of carbonyl (C=O) groups excluding carboxylic acids is 1. The van der Waals surface area contributed by atoms with Crippen molar-refractivity contribution in [3.63, 3.8) is 0 Å². The lowest BCUT2D eigenvalue weighted by Gasteiger charge is -2.09. The van der Waals surface area contributed by atoms with Gasteiger partial charge in [-0.1, -0.05) is 0 Å². The summed E-state index contributed by atoms with van der Waals surface area (Å²) < 4.78 is 30.4. The average Bonchev–Trinajstić information content (AvgIpc) is 2.30. The van der Waals surface area contributed by atoms with Gasteiger partial charge in [0.15, 0.2) is 0 Å². The number of carbonyl (C=O) groups is 1. The Morgan fingerprint density at radius 3 is 2.74 bits per heavy atom. The van der Waals surface area contributed by atoms with E-state index in [9.17, 15) is 23.7 Å². The van der Waals surface area contributed by atoms with E-state index in [4.69, 9.17) is 0 Å². The Labute approximate surface area is 120 Å². The van der Waals surface area contributed by atoms with Crippen molar-refractivity contribution >= 4 is 34.2 Å². The third kappa shape index (κ3) is 4.04. The molecule has 0 aliphatic rings. The van der Waals surface area contributed by atoms with Crippen LogP contribution in [0.2, 0.25) is 0 Å². The summed E-state index contributed by atoms with van der Waals surface area (Å²) in [5, 5.41) is 10.9. The second-order valence-corrected chi connectivity index (χ2v) is 4.47. The number of hydrogen-bond donors (Lipinski definition) is 0. The number of nitrogens with zero attached hydrogens (tertiary/aromatic N) is 2. The smallest absolute Gasteiger partial charge is 0.310 e. The van der Waals surface area contributed by atoms with Gasteiger partial charge in [0.2, 0.25) is 0 Å². The molecule has 0 bridgehead atoms. The molecule has 6 nitrogen and oxygen atoms in total. The zero-order valence-corrected chi connectivity index (χ0v) is 11.9. The molecule has 0 saturated carbocycles. The quantitative estimate of drug-likeness (QED) is 0.256. The number of rotatable bonds is 5. The van der Waals surface area contributed by atoms with Gasteiger partial charge in [-0.25, -0.2) is 13.8 Å². The van der Waals surface area contributed by atoms with E-state index in [0.29, 0.717) is 0 Å². The molecule has 1 aromatic heterocycles. The topological polar surface area (TPSA) is 82.3 Å². The van der Waals surface area contributed by atoms with Gasteiger partial charge in [-0.3, -0.25) is 14.9 Å². The maximum atomic E-state index is 12.8. The van der Waals surface area contributed by atoms with Crippen LogP contribution < -0.4 is 0 Å². The van der Waals surface area contributed by atoms with Gasteiger partial charge >= 0.3 is 5.97 Å². The summed E-state index contributed by atoms with van der Waals surface area (Å²) in [7, 11) is 0. The molecule has 0 saturated heterocycles. The first kappa shape index (κ1) is 15.7. The van der Waals surface area contributed by atoms with Gasteiger partial charge < -0.3 is 4.74 Å². The van der Waals surface area contributed by atoms with Gasteiger partial charge in [-0.15, -0.1) is 0 Å². The minimum Gasteiger partial charge on any atom is -0.466 e. The van der Waals surface area contributed by atoms with Crippen LogP contribution >= 0.6 is 22.6 Å². The summed E-state index contributed by atoms with van der Waals surface area (Å²) in [4.78, 5) is 24.9. The van der Waals surface area contributed by atoms with E-state index in [1.165, 1.54) is 0 Å². The van der Waals surface area contributed by atoms with Crippen molar-refractivity contribution in [3.8, 4) is 0 Å². The van der Waals surface area contributed by atoms with Gasteiger partial charge in [0.25, 0.3) is 12.1 Å². The predicted molar refractivity (Wildman–Crippen MR) is 68.9 cm³/mol. The summed E-state index contributed by atoms with van der Waals surface area (Å²) in [5.41, 5.74) is -1.71. The molecule has 0 spiro atoms. The van der Waals surface area contributed by atoms with E-state index >= 15 is 0 Å². The summed E-state index contributed by atoms with van der Waals surface area (Å²) in [6, 6.07) is 1.04. The van der Waals surface area contributed by atoms with Gasteiger partial charge in [0.05, 0.1) is 23.5 Å². The molecule has 0 aliphatic carbocycles. The first-order valence-electron chi connectivity index (χ1n) is 5.14. The van der Waals surface area contributed by atoms with E-state index in [0.717, 1.165) is 6.07 Å². The Balaban J connectivity index is 3.31. The molecular formula is C10H9F2IN2O4. The molecule has 0 amide bonds. The number of hydrogen-bond acceptors (Lipinski definition) is 5. The van der Waals surface area contributed by atoms with Crippen molar-refractivity contribution in [3.05, 3.63) is 31.1 Å². The Morgan fingerprint density at radius 1 is 1.63 bits per heavy atom. The maximum Gasteiger partial charge on any atom is 0.310 e. The van der Waals surface area contributed by atoms with E-state index in [1.54, 1.807) is 29.5 Å². The zero-order valence-electron chi connectivity index (χ0n) is 9.73. The number of esters is 1. The van der Waals surface area contributed by atoms with Crippen LogP contribution in [0.4, 0.5) is 14.5 Å². The Morgan fingerprint density at radius 2 is 2.26 bits per heavy atom. The molecule has 0 radical (unpaired) electrons. The van der Waals surface area contributed by atoms with Crippen LogP contribution in [0.15, 0.2) is 6.07 Å². The minimum absolute atomic E-state index is 0.0622. The molecular weight excluding hydrogens is 377 g/mol. The third-order valence-electron chi connectivity index (χ3n) is 2.13. The highest BCUT2D eigenvalue weighted by Gasteiger charge is 2.27. The number of nitro groups is 1. The fraction of sp³-hybridized carbons (Fsp3) is 0.400. The molecule has 0 atom stereocenters. The van der Waals surface area contributed by atoms with Crippen LogP contribution in [0.3, 0.4) is 0 Å². The predicted octanol–water partition coefficient (Wildman–Crippen LogP) is 2.64. The van der Waals surface area contributed by atoms with E-state index in [2.05, 4.69) is 9.72 Å². The monoisotopic (exact) mass is 386 g/mol. The molecule has 0 aliphatic heterocycles. The van der Waals surface area contributed by atoms with E-state index in [1.807, 2.05) is 0 Å². The minimum atomic E-state index is -3.00. The van der Waals surface area contributed by atoms with Crippen LogP contribution in [-0.4, -0.2) is 22.5 Å². The van der Waals surface area contributed by atoms with E-state index in [-0.39, 0.29) is 10.3 Å². The van der Waals surface area contributed by atoms with Gasteiger partial charge in [0, 0.05) is 6.07 Å². The van der Waals surface area contributed by atoms with E-state index < -0.39 is 40.7 Å². The molecule has 1 rings (SSSR count). The summed E-state index contributed by atoms with van der Waals surface area (Å²) in [6.07, 6.45) is -3.61. The molecule has 19 heavy (non-hydrogen) atoms. The van der Waals surface area contributed by atoms with Gasteiger partial charge in [-0.05, 0) is 29.5 Å². The summed E-state index contributed by atoms with van der Waals surface area (Å²) >= 11 is 1.60. The highest BCUT2D eigenvalue weighted by atomic mass is 127. The largest absolute Gasteiger partial charge is 0.466 e. The highest BCUT2D eigenvalue weighted by molar-refractivity contribution is 14.1. The summed E-state index contributed by atoms with van der Waals surface area (Å²) in [5.74, 6) is -0.810. The normalized spacial score (nSPS) is 10.6. The average molecular weight is 386 g/mol. The number of alkyl halides is 2. The Kier molecular flexibility index (Phi) is 5.51. The Hall–Kier alpha value is -1.39. The van der Waals surface area contributed by atoms with Crippen molar-refractivity contribution in [2.45, 2.75) is 19.8 Å². The number of ether oxygens (including phenoxy) is 1. The fourth-order valence-corrected chi connectivity index (χ4v) is 1.98. The van der Waals surface area contributed by atoms with Crippen molar-refractivity contribution in [2.24, 2.45) is 0 Å². The molecule has 0 unspecified atom stereocenters. The standard InChI is InChI=1S/C10H9F2IN2O4/c1-2-19-8(16)3-5-6(15(17)18)4-7(13)14-9(5)10(11)12/h4,10H,2-3H2,1H3. The second kappa shape index (κ2) is 6.68. The zero-order chi connectivity index (χ0) is 14.6. The number of halogens is 3. The first-order valence-corrected chi connectivity index (χ1v) is 6.22. The number of aromatic nitrogens is 1. The first-order chi connectivity index (χ1) is 8.86. The highest BCUT2D eigenvalue weighted by Crippen LogP contribution is 2.30. The molecule has 9 heteroatoms. The van der Waals surface area contributed by atoms with Crippen LogP contribution in [0.25, 0.3) is 0 Å². The molecule has 0 N–H and O–H groups in total. The van der Waals surface area contributed by atoms with Crippen molar-refractivity contribution < 1.29 is 23.2 Å². The molecule has 0 fully saturated rings. The van der Waals surface area contributed by atoms with Gasteiger partial charge in [-0.2, -0.15) is 0 Å². The van der Waals surface area contributed by atoms with Crippen LogP contribution in [0, 0.1) is 13.8 Å². The van der Waals surface area contributed by atoms with Crippen molar-refractivity contribution in [1.29, 1.82) is 0 Å². The summed E-state index contributed by atoms with van der Waals surface area (Å²) in [6.45, 7) is 1.61.